The van der Waals surface area contributed by atoms with Gasteiger partial charge in [-0.05, 0) is 18.6 Å². The largest absolute Gasteiger partial charge is 0.385 e. The quantitative estimate of drug-likeness (QED) is 0.708. The van der Waals surface area contributed by atoms with Crippen molar-refractivity contribution in [3.63, 3.8) is 0 Å². The third kappa shape index (κ3) is 4.54. The second-order valence-corrected chi connectivity index (χ2v) is 7.66. The first-order chi connectivity index (χ1) is 11.0. The second kappa shape index (κ2) is 7.93. The van der Waals surface area contributed by atoms with E-state index in [9.17, 15) is 8.42 Å². The van der Waals surface area contributed by atoms with Crippen LogP contribution in [0.4, 0.5) is 5.82 Å². The SMILES string of the molecule is COCCCS(=O)(=O)N1CCN(c2ccc(Cl)c(C#N)n2)CC1. The molecule has 2 heterocycles. The first-order valence-electron chi connectivity index (χ1n) is 7.26. The van der Waals surface area contributed by atoms with Crippen LogP contribution in [0.25, 0.3) is 0 Å². The summed E-state index contributed by atoms with van der Waals surface area (Å²) in [5.74, 6) is 0.737. The molecule has 0 atom stereocenters. The fourth-order valence-electron chi connectivity index (χ4n) is 2.40. The lowest BCUT2D eigenvalue weighted by molar-refractivity contribution is 0.199. The highest BCUT2D eigenvalue weighted by molar-refractivity contribution is 7.89. The monoisotopic (exact) mass is 358 g/mol. The van der Waals surface area contributed by atoms with Crippen LogP contribution >= 0.6 is 11.6 Å². The fraction of sp³-hybridized carbons (Fsp3) is 0.571. The highest BCUT2D eigenvalue weighted by Crippen LogP contribution is 2.20. The van der Waals surface area contributed by atoms with Gasteiger partial charge >= 0.3 is 0 Å². The zero-order valence-corrected chi connectivity index (χ0v) is 14.5. The minimum absolute atomic E-state index is 0.0958. The molecule has 0 N–H and O–H groups in total. The standard InChI is InChI=1S/C14H19ClN4O3S/c1-22-9-2-10-23(20,21)19-7-5-18(6-8-19)14-4-3-12(15)13(11-16)17-14/h3-4H,2,5-10H2,1H3. The summed E-state index contributed by atoms with van der Waals surface area (Å²) in [6.45, 7) is 2.31. The number of halogens is 1. The smallest absolute Gasteiger partial charge is 0.214 e. The Morgan fingerprint density at radius 1 is 1.35 bits per heavy atom. The predicted molar refractivity (Wildman–Crippen MR) is 88.0 cm³/mol. The number of hydrogen-bond donors (Lipinski definition) is 0. The van der Waals surface area contributed by atoms with Gasteiger partial charge in [0.1, 0.15) is 11.9 Å². The van der Waals surface area contributed by atoms with E-state index in [1.165, 1.54) is 4.31 Å². The minimum Gasteiger partial charge on any atom is -0.385 e. The molecule has 2 rings (SSSR count). The number of methoxy groups -OCH3 is 1. The second-order valence-electron chi connectivity index (χ2n) is 5.16. The summed E-state index contributed by atoms with van der Waals surface area (Å²) < 4.78 is 30.8. The van der Waals surface area contributed by atoms with E-state index < -0.39 is 10.0 Å². The van der Waals surface area contributed by atoms with Gasteiger partial charge in [-0.2, -0.15) is 9.57 Å². The van der Waals surface area contributed by atoms with Gasteiger partial charge < -0.3 is 9.64 Å². The summed E-state index contributed by atoms with van der Waals surface area (Å²) in [5, 5.41) is 9.29. The molecule has 1 fully saturated rings. The van der Waals surface area contributed by atoms with Crippen LogP contribution in [-0.2, 0) is 14.8 Å². The molecule has 0 spiro atoms. The Labute approximate surface area is 141 Å². The molecule has 0 radical (unpaired) electrons. The van der Waals surface area contributed by atoms with Crippen LogP contribution in [0.3, 0.4) is 0 Å². The van der Waals surface area contributed by atoms with Gasteiger partial charge in [0, 0.05) is 39.9 Å². The number of pyridine rings is 1. The van der Waals surface area contributed by atoms with Gasteiger partial charge in [-0.1, -0.05) is 11.6 Å². The van der Waals surface area contributed by atoms with Crippen molar-refractivity contribution in [3.05, 3.63) is 22.8 Å². The molecule has 1 aromatic rings. The molecule has 1 aliphatic heterocycles. The van der Waals surface area contributed by atoms with Crippen LogP contribution in [0.1, 0.15) is 12.1 Å². The lowest BCUT2D eigenvalue weighted by Crippen LogP contribution is -2.49. The normalized spacial score (nSPS) is 16.3. The molecule has 7 nitrogen and oxygen atoms in total. The molecule has 0 bridgehead atoms. The van der Waals surface area contributed by atoms with E-state index in [4.69, 9.17) is 21.6 Å². The van der Waals surface area contributed by atoms with Crippen molar-refractivity contribution in [1.29, 1.82) is 5.26 Å². The topological polar surface area (TPSA) is 86.5 Å². The van der Waals surface area contributed by atoms with Crippen LogP contribution in [-0.4, -0.2) is 63.4 Å². The molecule has 1 aromatic heterocycles. The van der Waals surface area contributed by atoms with Crippen molar-refractivity contribution in [2.24, 2.45) is 0 Å². The molecule has 0 aromatic carbocycles. The van der Waals surface area contributed by atoms with E-state index in [1.807, 2.05) is 11.0 Å². The van der Waals surface area contributed by atoms with Crippen LogP contribution in [0, 0.1) is 11.3 Å². The minimum atomic E-state index is -3.25. The zero-order chi connectivity index (χ0) is 16.9. The maximum atomic E-state index is 12.2. The summed E-state index contributed by atoms with van der Waals surface area (Å²) in [6.07, 6.45) is 0.489. The molecule has 0 unspecified atom stereocenters. The van der Waals surface area contributed by atoms with Crippen LogP contribution in [0.2, 0.25) is 5.02 Å². The zero-order valence-electron chi connectivity index (χ0n) is 12.9. The van der Waals surface area contributed by atoms with Gasteiger partial charge in [-0.3, -0.25) is 0 Å². The highest BCUT2D eigenvalue weighted by Gasteiger charge is 2.27. The van der Waals surface area contributed by atoms with Crippen molar-refractivity contribution in [3.8, 4) is 6.07 Å². The van der Waals surface area contributed by atoms with Gasteiger partial charge in [-0.15, -0.1) is 0 Å². The van der Waals surface area contributed by atoms with Crippen molar-refractivity contribution in [1.82, 2.24) is 9.29 Å². The van der Waals surface area contributed by atoms with Gasteiger partial charge in [0.05, 0.1) is 10.8 Å². The van der Waals surface area contributed by atoms with Crippen molar-refractivity contribution >= 4 is 27.4 Å². The first kappa shape index (κ1) is 17.9. The lowest BCUT2D eigenvalue weighted by Gasteiger charge is -2.34. The van der Waals surface area contributed by atoms with Gasteiger partial charge in [0.2, 0.25) is 10.0 Å². The Morgan fingerprint density at radius 3 is 2.65 bits per heavy atom. The summed E-state index contributed by atoms with van der Waals surface area (Å²) >= 11 is 5.88. The number of aromatic nitrogens is 1. The number of nitrogens with zero attached hydrogens (tertiary/aromatic N) is 4. The van der Waals surface area contributed by atoms with Gasteiger partial charge in [-0.25, -0.2) is 13.4 Å². The molecule has 126 valence electrons. The van der Waals surface area contributed by atoms with E-state index >= 15 is 0 Å². The Bertz CT molecular complexity index is 682. The molecule has 0 amide bonds. The van der Waals surface area contributed by atoms with Crippen molar-refractivity contribution in [2.75, 3.05) is 50.5 Å². The average molecular weight is 359 g/mol. The molecule has 0 aliphatic carbocycles. The third-order valence-corrected chi connectivity index (χ3v) is 5.91. The Kier molecular flexibility index (Phi) is 6.18. The fourth-order valence-corrected chi connectivity index (χ4v) is 4.00. The summed E-state index contributed by atoms with van der Waals surface area (Å²) in [5.41, 5.74) is 0.179. The van der Waals surface area contributed by atoms with Crippen LogP contribution < -0.4 is 4.90 Å². The van der Waals surface area contributed by atoms with E-state index in [1.54, 1.807) is 19.2 Å². The summed E-state index contributed by atoms with van der Waals surface area (Å²) in [4.78, 5) is 6.17. The first-order valence-corrected chi connectivity index (χ1v) is 9.25. The maximum absolute atomic E-state index is 12.2. The predicted octanol–water partition coefficient (Wildman–Crippen LogP) is 1.09. The number of piperazine rings is 1. The lowest BCUT2D eigenvalue weighted by atomic mass is 10.3. The molecule has 0 saturated carbocycles. The average Bonchev–Trinajstić information content (AvgIpc) is 2.55. The molecule has 1 aliphatic rings. The number of nitriles is 1. The third-order valence-electron chi connectivity index (χ3n) is 3.64. The Balaban J connectivity index is 1.97. The summed E-state index contributed by atoms with van der Waals surface area (Å²) in [7, 11) is -1.69. The van der Waals surface area contributed by atoms with Crippen molar-refractivity contribution in [2.45, 2.75) is 6.42 Å². The van der Waals surface area contributed by atoms with Crippen LogP contribution in [0.15, 0.2) is 12.1 Å². The number of rotatable bonds is 6. The van der Waals surface area contributed by atoms with Crippen LogP contribution in [0.5, 0.6) is 0 Å². The Hall–Kier alpha value is -1.40. The van der Waals surface area contributed by atoms with E-state index in [2.05, 4.69) is 4.98 Å². The molecular formula is C14H19ClN4O3S. The number of hydrogen-bond acceptors (Lipinski definition) is 6. The number of sulfonamides is 1. The van der Waals surface area contributed by atoms with Gasteiger partial charge in [0.15, 0.2) is 5.69 Å². The Morgan fingerprint density at radius 2 is 2.04 bits per heavy atom. The van der Waals surface area contributed by atoms with Crippen molar-refractivity contribution < 1.29 is 13.2 Å². The molecule has 23 heavy (non-hydrogen) atoms. The number of anilines is 1. The highest BCUT2D eigenvalue weighted by atomic mass is 35.5. The number of ether oxygens (including phenoxy) is 1. The van der Waals surface area contributed by atoms with E-state index in [-0.39, 0.29) is 11.4 Å². The molecule has 1 saturated heterocycles. The van der Waals surface area contributed by atoms with E-state index in [0.29, 0.717) is 50.0 Å². The van der Waals surface area contributed by atoms with Gasteiger partial charge in [0.25, 0.3) is 0 Å². The van der Waals surface area contributed by atoms with E-state index in [0.717, 1.165) is 0 Å². The summed E-state index contributed by atoms with van der Waals surface area (Å²) in [6, 6.07) is 5.33. The maximum Gasteiger partial charge on any atom is 0.214 e. The molecule has 9 heteroatoms. The molecular weight excluding hydrogens is 340 g/mol.